The highest BCUT2D eigenvalue weighted by Crippen LogP contribution is 2.27. The molecule has 90 valence electrons. The highest BCUT2D eigenvalue weighted by atomic mass is 32.1. The number of hydrogen-bond acceptors (Lipinski definition) is 3. The fourth-order valence-electron chi connectivity index (χ4n) is 2.01. The Balaban J connectivity index is 2.39. The molecule has 2 aromatic rings. The molecule has 1 N–H and O–H groups in total. The van der Waals surface area contributed by atoms with Crippen LogP contribution in [0.4, 0.5) is 0 Å². The van der Waals surface area contributed by atoms with Gasteiger partial charge >= 0.3 is 0 Å². The summed E-state index contributed by atoms with van der Waals surface area (Å²) < 4.78 is 0. The molecule has 2 aromatic heterocycles. The minimum Gasteiger partial charge on any atom is -0.306 e. The lowest BCUT2D eigenvalue weighted by molar-refractivity contribution is 0.627. The van der Waals surface area contributed by atoms with Gasteiger partial charge in [-0.1, -0.05) is 13.0 Å². The van der Waals surface area contributed by atoms with Crippen molar-refractivity contribution in [1.82, 2.24) is 10.3 Å². The molecule has 0 aliphatic rings. The molecule has 0 aromatic carbocycles. The summed E-state index contributed by atoms with van der Waals surface area (Å²) in [5, 5.41) is 7.96. The first kappa shape index (κ1) is 12.3. The van der Waals surface area contributed by atoms with Crippen LogP contribution in [0.5, 0.6) is 0 Å². The van der Waals surface area contributed by atoms with Crippen LogP contribution in [0.15, 0.2) is 29.2 Å². The smallest absolute Gasteiger partial charge is 0.0602 e. The van der Waals surface area contributed by atoms with Crippen LogP contribution >= 0.6 is 11.3 Å². The van der Waals surface area contributed by atoms with Gasteiger partial charge in [-0.05, 0) is 53.4 Å². The molecule has 1 unspecified atom stereocenters. The van der Waals surface area contributed by atoms with E-state index in [0.29, 0.717) is 0 Å². The Bertz CT molecular complexity index is 490. The van der Waals surface area contributed by atoms with Crippen LogP contribution in [-0.2, 0) is 0 Å². The molecule has 2 rings (SSSR count). The highest BCUT2D eigenvalue weighted by molar-refractivity contribution is 7.08. The van der Waals surface area contributed by atoms with Crippen LogP contribution in [-0.4, -0.2) is 11.5 Å². The molecular formula is C14H18N2S. The van der Waals surface area contributed by atoms with E-state index in [4.69, 9.17) is 0 Å². The van der Waals surface area contributed by atoms with Crippen molar-refractivity contribution in [3.63, 3.8) is 0 Å². The maximum Gasteiger partial charge on any atom is 0.0602 e. The predicted molar refractivity (Wildman–Crippen MR) is 73.5 cm³/mol. The van der Waals surface area contributed by atoms with Gasteiger partial charge in [-0.3, -0.25) is 4.98 Å². The molecule has 3 heteroatoms. The topological polar surface area (TPSA) is 24.9 Å². The van der Waals surface area contributed by atoms with E-state index >= 15 is 0 Å². The van der Waals surface area contributed by atoms with Gasteiger partial charge in [0.25, 0.3) is 0 Å². The minimum absolute atomic E-state index is 0.263. The van der Waals surface area contributed by atoms with Gasteiger partial charge < -0.3 is 5.32 Å². The van der Waals surface area contributed by atoms with E-state index < -0.39 is 0 Å². The number of thiophene rings is 1. The average molecular weight is 246 g/mol. The molecule has 2 nitrogen and oxygen atoms in total. The second-order valence-corrected chi connectivity index (χ2v) is 5.04. The molecule has 0 saturated carbocycles. The van der Waals surface area contributed by atoms with Crippen LogP contribution in [0.1, 0.15) is 35.2 Å². The maximum atomic E-state index is 4.29. The summed E-state index contributed by atoms with van der Waals surface area (Å²) in [6, 6.07) is 2.47. The zero-order valence-electron chi connectivity index (χ0n) is 10.5. The first-order valence-electron chi connectivity index (χ1n) is 5.90. The lowest BCUT2D eigenvalue weighted by Gasteiger charge is -2.18. The van der Waals surface area contributed by atoms with Crippen molar-refractivity contribution in [3.8, 4) is 0 Å². The van der Waals surface area contributed by atoms with Crippen molar-refractivity contribution in [1.29, 1.82) is 0 Å². The number of aromatic nitrogens is 1. The van der Waals surface area contributed by atoms with Gasteiger partial charge in [-0.25, -0.2) is 0 Å². The molecule has 0 fully saturated rings. The van der Waals surface area contributed by atoms with Gasteiger partial charge in [0.15, 0.2) is 0 Å². The Morgan fingerprint density at radius 2 is 2.12 bits per heavy atom. The summed E-state index contributed by atoms with van der Waals surface area (Å²) in [5.74, 6) is 0. The minimum atomic E-state index is 0.263. The van der Waals surface area contributed by atoms with Crippen molar-refractivity contribution in [2.75, 3.05) is 6.54 Å². The Morgan fingerprint density at radius 1 is 1.29 bits per heavy atom. The molecule has 0 amide bonds. The van der Waals surface area contributed by atoms with Gasteiger partial charge in [0.1, 0.15) is 0 Å². The maximum absolute atomic E-state index is 4.29. The highest BCUT2D eigenvalue weighted by Gasteiger charge is 2.16. The van der Waals surface area contributed by atoms with Gasteiger partial charge in [0.2, 0.25) is 0 Å². The van der Waals surface area contributed by atoms with Crippen molar-refractivity contribution in [2.24, 2.45) is 0 Å². The number of pyridine rings is 1. The molecule has 0 aliphatic heterocycles. The number of aryl methyl sites for hydroxylation is 2. The third kappa shape index (κ3) is 2.73. The normalized spacial score (nSPS) is 12.6. The fraction of sp³-hybridized carbons (Fsp3) is 0.357. The van der Waals surface area contributed by atoms with E-state index in [-0.39, 0.29) is 6.04 Å². The summed E-state index contributed by atoms with van der Waals surface area (Å²) in [4.78, 5) is 4.29. The zero-order chi connectivity index (χ0) is 12.3. The Kier molecular flexibility index (Phi) is 3.92. The lowest BCUT2D eigenvalue weighted by atomic mass is 9.99. The van der Waals surface area contributed by atoms with Gasteiger partial charge in [-0.15, -0.1) is 0 Å². The monoisotopic (exact) mass is 246 g/mol. The number of nitrogens with zero attached hydrogens (tertiary/aromatic N) is 1. The second-order valence-electron chi connectivity index (χ2n) is 4.30. The third-order valence-electron chi connectivity index (χ3n) is 2.84. The largest absolute Gasteiger partial charge is 0.306 e. The van der Waals surface area contributed by atoms with Crippen LogP contribution in [0, 0.1) is 13.8 Å². The van der Waals surface area contributed by atoms with Gasteiger partial charge in [0, 0.05) is 12.4 Å². The molecule has 0 radical (unpaired) electrons. The molecule has 0 aliphatic carbocycles. The molecule has 2 heterocycles. The van der Waals surface area contributed by atoms with Crippen LogP contribution in [0.2, 0.25) is 0 Å². The van der Waals surface area contributed by atoms with Gasteiger partial charge in [-0.2, -0.15) is 11.3 Å². The summed E-state index contributed by atoms with van der Waals surface area (Å²) >= 11 is 1.76. The first-order chi connectivity index (χ1) is 8.22. The quantitative estimate of drug-likeness (QED) is 0.893. The van der Waals surface area contributed by atoms with Crippen molar-refractivity contribution >= 4 is 11.3 Å². The van der Waals surface area contributed by atoms with E-state index in [1.165, 1.54) is 22.3 Å². The Morgan fingerprint density at radius 3 is 2.71 bits per heavy atom. The summed E-state index contributed by atoms with van der Waals surface area (Å²) in [5.41, 5.74) is 5.17. The van der Waals surface area contributed by atoms with Crippen molar-refractivity contribution in [3.05, 3.63) is 51.5 Å². The van der Waals surface area contributed by atoms with Crippen LogP contribution in [0.3, 0.4) is 0 Å². The summed E-state index contributed by atoms with van der Waals surface area (Å²) in [6.07, 6.45) is 3.85. The zero-order valence-corrected chi connectivity index (χ0v) is 11.3. The molecule has 0 spiro atoms. The third-order valence-corrected chi connectivity index (χ3v) is 3.72. The molecule has 17 heavy (non-hydrogen) atoms. The standard InChI is InChI=1S/C14H18N2S/c1-4-16-14(13-9-17-8-11(13)3)12-5-10(2)6-15-7-12/h5-9,14,16H,4H2,1-3H3. The van der Waals surface area contributed by atoms with Crippen LogP contribution < -0.4 is 5.32 Å². The van der Waals surface area contributed by atoms with E-state index in [9.17, 15) is 0 Å². The predicted octanol–water partition coefficient (Wildman–Crippen LogP) is 3.46. The van der Waals surface area contributed by atoms with Gasteiger partial charge in [0.05, 0.1) is 6.04 Å². The molecule has 0 bridgehead atoms. The lowest BCUT2D eigenvalue weighted by Crippen LogP contribution is -2.22. The summed E-state index contributed by atoms with van der Waals surface area (Å²) in [6.45, 7) is 7.34. The van der Waals surface area contributed by atoms with E-state index in [2.05, 4.69) is 47.9 Å². The van der Waals surface area contributed by atoms with Crippen molar-refractivity contribution in [2.45, 2.75) is 26.8 Å². The summed E-state index contributed by atoms with van der Waals surface area (Å²) in [7, 11) is 0. The molecular weight excluding hydrogens is 228 g/mol. The number of nitrogens with one attached hydrogen (secondary N) is 1. The SMILES string of the molecule is CCNC(c1cncc(C)c1)c1cscc1C. The Hall–Kier alpha value is -1.19. The number of hydrogen-bond donors (Lipinski definition) is 1. The van der Waals surface area contributed by atoms with Crippen LogP contribution in [0.25, 0.3) is 0 Å². The first-order valence-corrected chi connectivity index (χ1v) is 6.84. The average Bonchev–Trinajstić information content (AvgIpc) is 2.72. The Labute approximate surface area is 107 Å². The fourth-order valence-corrected chi connectivity index (χ4v) is 2.89. The number of rotatable bonds is 4. The second kappa shape index (κ2) is 5.43. The van der Waals surface area contributed by atoms with Crippen molar-refractivity contribution < 1.29 is 0 Å². The van der Waals surface area contributed by atoms with E-state index in [1.807, 2.05) is 12.4 Å². The van der Waals surface area contributed by atoms with E-state index in [0.717, 1.165) is 6.54 Å². The molecule has 1 atom stereocenters. The molecule has 0 saturated heterocycles. The van der Waals surface area contributed by atoms with E-state index in [1.54, 1.807) is 11.3 Å².